The molecule has 0 unspecified atom stereocenters. The molecule has 0 aromatic heterocycles. The SMILES string of the molecule is CN1CCC(N(Cc2ccc(F)cc2)C(=O)Cc2ccc(C(F)(F)F)cc2)CC1. The lowest BCUT2D eigenvalue weighted by Gasteiger charge is -2.37. The summed E-state index contributed by atoms with van der Waals surface area (Å²) >= 11 is 0. The van der Waals surface area contributed by atoms with E-state index in [1.54, 1.807) is 17.0 Å². The molecule has 0 radical (unpaired) electrons. The molecule has 0 bridgehead atoms. The Kier molecular flexibility index (Phi) is 6.57. The monoisotopic (exact) mass is 408 g/mol. The second kappa shape index (κ2) is 8.95. The molecule has 1 amide bonds. The molecule has 2 aromatic carbocycles. The smallest absolute Gasteiger partial charge is 0.335 e. The molecule has 1 aliphatic rings. The highest BCUT2D eigenvalue weighted by molar-refractivity contribution is 5.79. The van der Waals surface area contributed by atoms with E-state index in [2.05, 4.69) is 4.90 Å². The van der Waals surface area contributed by atoms with Crippen LogP contribution in [0.2, 0.25) is 0 Å². The lowest BCUT2D eigenvalue weighted by molar-refractivity contribution is -0.137. The van der Waals surface area contributed by atoms with Crippen LogP contribution in [-0.4, -0.2) is 41.9 Å². The zero-order valence-corrected chi connectivity index (χ0v) is 16.3. The Bertz CT molecular complexity index is 810. The number of halogens is 4. The minimum absolute atomic E-state index is 0.0334. The van der Waals surface area contributed by atoms with Crippen molar-refractivity contribution in [2.24, 2.45) is 0 Å². The molecule has 156 valence electrons. The van der Waals surface area contributed by atoms with Crippen molar-refractivity contribution >= 4 is 5.91 Å². The van der Waals surface area contributed by atoms with Crippen molar-refractivity contribution in [3.8, 4) is 0 Å². The molecule has 3 nitrogen and oxygen atoms in total. The van der Waals surface area contributed by atoms with Crippen LogP contribution in [0.15, 0.2) is 48.5 Å². The maximum absolute atomic E-state index is 13.2. The van der Waals surface area contributed by atoms with E-state index < -0.39 is 11.7 Å². The van der Waals surface area contributed by atoms with Gasteiger partial charge in [0.25, 0.3) is 0 Å². The third-order valence-corrected chi connectivity index (χ3v) is 5.35. The summed E-state index contributed by atoms with van der Waals surface area (Å²) in [4.78, 5) is 17.1. The van der Waals surface area contributed by atoms with Crippen LogP contribution < -0.4 is 0 Å². The number of hydrogen-bond acceptors (Lipinski definition) is 2. The van der Waals surface area contributed by atoms with Gasteiger partial charge in [-0.05, 0) is 68.4 Å². The van der Waals surface area contributed by atoms with E-state index in [1.165, 1.54) is 24.3 Å². The van der Waals surface area contributed by atoms with Gasteiger partial charge in [0.05, 0.1) is 12.0 Å². The summed E-state index contributed by atoms with van der Waals surface area (Å²) in [5, 5.41) is 0. The second-order valence-electron chi connectivity index (χ2n) is 7.55. The second-order valence-corrected chi connectivity index (χ2v) is 7.55. The minimum Gasteiger partial charge on any atom is -0.335 e. The number of benzene rings is 2. The lowest BCUT2D eigenvalue weighted by atomic mass is 10.0. The molecule has 0 N–H and O–H groups in total. The Morgan fingerprint density at radius 1 is 1.00 bits per heavy atom. The van der Waals surface area contributed by atoms with Crippen molar-refractivity contribution in [1.29, 1.82) is 0 Å². The first-order valence-electron chi connectivity index (χ1n) is 9.61. The maximum Gasteiger partial charge on any atom is 0.416 e. The van der Waals surface area contributed by atoms with Crippen molar-refractivity contribution < 1.29 is 22.4 Å². The summed E-state index contributed by atoms with van der Waals surface area (Å²) in [7, 11) is 2.03. The number of carbonyl (C=O) groups excluding carboxylic acids is 1. The first kappa shape index (κ1) is 21.3. The Labute approximate surface area is 167 Å². The van der Waals surface area contributed by atoms with Crippen molar-refractivity contribution in [1.82, 2.24) is 9.80 Å². The molecule has 7 heteroatoms. The van der Waals surface area contributed by atoms with Gasteiger partial charge in [0.2, 0.25) is 5.91 Å². The molecular weight excluding hydrogens is 384 g/mol. The first-order valence-corrected chi connectivity index (χ1v) is 9.61. The summed E-state index contributed by atoms with van der Waals surface area (Å²) in [5.74, 6) is -0.473. The average Bonchev–Trinajstić information content (AvgIpc) is 2.68. The van der Waals surface area contributed by atoms with Gasteiger partial charge in [0, 0.05) is 12.6 Å². The van der Waals surface area contributed by atoms with Crippen molar-refractivity contribution in [2.75, 3.05) is 20.1 Å². The molecule has 0 saturated carbocycles. The number of likely N-dealkylation sites (tertiary alicyclic amines) is 1. The molecule has 0 aliphatic carbocycles. The number of nitrogens with zero attached hydrogens (tertiary/aromatic N) is 2. The van der Waals surface area contributed by atoms with Gasteiger partial charge in [0.15, 0.2) is 0 Å². The van der Waals surface area contributed by atoms with Crippen molar-refractivity contribution in [3.05, 3.63) is 71.0 Å². The molecule has 29 heavy (non-hydrogen) atoms. The summed E-state index contributed by atoms with van der Waals surface area (Å²) in [6, 6.07) is 10.8. The number of piperidine rings is 1. The molecule has 3 rings (SSSR count). The van der Waals surface area contributed by atoms with Crippen molar-refractivity contribution in [3.63, 3.8) is 0 Å². The highest BCUT2D eigenvalue weighted by Gasteiger charge is 2.30. The molecule has 1 heterocycles. The number of carbonyl (C=O) groups is 1. The summed E-state index contributed by atoms with van der Waals surface area (Å²) in [6.07, 6.45) is -2.70. The van der Waals surface area contributed by atoms with E-state index in [1.807, 2.05) is 7.05 Å². The quantitative estimate of drug-likeness (QED) is 0.680. The lowest BCUT2D eigenvalue weighted by Crippen LogP contribution is -2.46. The molecule has 0 atom stereocenters. The van der Waals surface area contributed by atoms with Crippen LogP contribution in [0.4, 0.5) is 17.6 Å². The van der Waals surface area contributed by atoms with E-state index in [4.69, 9.17) is 0 Å². The van der Waals surface area contributed by atoms with E-state index in [0.29, 0.717) is 12.1 Å². The number of amides is 1. The normalized spacial score (nSPS) is 16.0. The van der Waals surface area contributed by atoms with Crippen LogP contribution in [0.5, 0.6) is 0 Å². The molecule has 1 fully saturated rings. The van der Waals surface area contributed by atoms with Gasteiger partial charge >= 0.3 is 6.18 Å². The van der Waals surface area contributed by atoms with Gasteiger partial charge < -0.3 is 9.80 Å². The van der Waals surface area contributed by atoms with Crippen LogP contribution in [0.3, 0.4) is 0 Å². The van der Waals surface area contributed by atoms with E-state index in [9.17, 15) is 22.4 Å². The van der Waals surface area contributed by atoms with Gasteiger partial charge in [-0.2, -0.15) is 13.2 Å². The largest absolute Gasteiger partial charge is 0.416 e. The summed E-state index contributed by atoms with van der Waals surface area (Å²) in [5.41, 5.74) is 0.637. The van der Waals surface area contributed by atoms with E-state index >= 15 is 0 Å². The van der Waals surface area contributed by atoms with Crippen molar-refractivity contribution in [2.45, 2.75) is 38.0 Å². The average molecular weight is 408 g/mol. The topological polar surface area (TPSA) is 23.6 Å². The van der Waals surface area contributed by atoms with E-state index in [-0.39, 0.29) is 24.2 Å². The predicted octanol–water partition coefficient (Wildman–Crippen LogP) is 4.51. The van der Waals surface area contributed by atoms with Gasteiger partial charge in [-0.1, -0.05) is 24.3 Å². The Morgan fingerprint density at radius 2 is 1.55 bits per heavy atom. The van der Waals surface area contributed by atoms with Crippen LogP contribution in [0, 0.1) is 5.82 Å². The fourth-order valence-corrected chi connectivity index (χ4v) is 3.60. The molecular formula is C22H24F4N2O. The number of alkyl halides is 3. The van der Waals surface area contributed by atoms with Crippen LogP contribution in [0.1, 0.15) is 29.5 Å². The Hall–Kier alpha value is -2.41. The fourth-order valence-electron chi connectivity index (χ4n) is 3.60. The van der Waals surface area contributed by atoms with Crippen LogP contribution in [-0.2, 0) is 23.9 Å². The van der Waals surface area contributed by atoms with Gasteiger partial charge in [0.1, 0.15) is 5.82 Å². The highest BCUT2D eigenvalue weighted by atomic mass is 19.4. The zero-order chi connectivity index (χ0) is 21.0. The number of rotatable bonds is 5. The third kappa shape index (κ3) is 5.79. The Morgan fingerprint density at radius 3 is 2.10 bits per heavy atom. The molecule has 2 aromatic rings. The van der Waals surface area contributed by atoms with Gasteiger partial charge in [-0.15, -0.1) is 0 Å². The summed E-state index contributed by atoms with van der Waals surface area (Å²) < 4.78 is 51.5. The maximum atomic E-state index is 13.2. The predicted molar refractivity (Wildman–Crippen MR) is 103 cm³/mol. The standard InChI is InChI=1S/C22H24F4N2O/c1-27-12-10-20(11-13-27)28(15-17-4-8-19(23)9-5-17)21(29)14-16-2-6-18(7-3-16)22(24,25)26/h2-9,20H,10-15H2,1H3. The van der Waals surface area contributed by atoms with Crippen LogP contribution in [0.25, 0.3) is 0 Å². The van der Waals surface area contributed by atoms with Gasteiger partial charge in [-0.3, -0.25) is 4.79 Å². The third-order valence-electron chi connectivity index (χ3n) is 5.35. The molecule has 1 saturated heterocycles. The van der Waals surface area contributed by atoms with Crippen LogP contribution >= 0.6 is 0 Å². The molecule has 0 spiro atoms. The minimum atomic E-state index is -4.40. The highest BCUT2D eigenvalue weighted by Crippen LogP contribution is 2.29. The first-order chi connectivity index (χ1) is 13.7. The number of hydrogen-bond donors (Lipinski definition) is 0. The van der Waals surface area contributed by atoms with E-state index in [0.717, 1.165) is 43.6 Å². The summed E-state index contributed by atoms with van der Waals surface area (Å²) in [6.45, 7) is 2.10. The Balaban J connectivity index is 1.75. The molecule has 1 aliphatic heterocycles. The zero-order valence-electron chi connectivity index (χ0n) is 16.3. The fraction of sp³-hybridized carbons (Fsp3) is 0.409. The van der Waals surface area contributed by atoms with Gasteiger partial charge in [-0.25, -0.2) is 4.39 Å².